The summed E-state index contributed by atoms with van der Waals surface area (Å²) in [5.41, 5.74) is 0.341. The molecule has 5 heteroatoms. The fraction of sp³-hybridized carbons (Fsp3) is 0.125. The van der Waals surface area contributed by atoms with E-state index in [1.165, 1.54) is 0 Å². The zero-order valence-electron chi connectivity index (χ0n) is 6.84. The number of aliphatic hydroxyl groups is 1. The molecule has 0 unspecified atom stereocenters. The lowest BCUT2D eigenvalue weighted by molar-refractivity contribution is 0.188. The third kappa shape index (κ3) is 2.43. The minimum absolute atomic E-state index is 0.341. The molecule has 0 aliphatic carbocycles. The van der Waals surface area contributed by atoms with Crippen molar-refractivity contribution in [2.75, 3.05) is 11.8 Å². The van der Waals surface area contributed by atoms with Gasteiger partial charge in [0.15, 0.2) is 0 Å². The number of urea groups is 1. The molecule has 0 aromatic heterocycles. The summed E-state index contributed by atoms with van der Waals surface area (Å²) >= 11 is 0. The summed E-state index contributed by atoms with van der Waals surface area (Å²) in [5.74, 6) is 0. The highest BCUT2D eigenvalue weighted by Crippen LogP contribution is 2.09. The Morgan fingerprint density at radius 2 is 2.00 bits per heavy atom. The second-order valence-electron chi connectivity index (χ2n) is 2.29. The number of nitrogens with one attached hydrogen (secondary N) is 1. The first-order chi connectivity index (χ1) is 6.25. The van der Waals surface area contributed by atoms with Gasteiger partial charge in [-0.05, 0) is 12.1 Å². The van der Waals surface area contributed by atoms with Gasteiger partial charge < -0.3 is 10.4 Å². The Kier molecular flexibility index (Phi) is 3.24. The van der Waals surface area contributed by atoms with E-state index in [1.807, 2.05) is 5.32 Å². The second-order valence-corrected chi connectivity index (χ2v) is 2.29. The zero-order valence-corrected chi connectivity index (χ0v) is 6.84. The highest BCUT2D eigenvalue weighted by atomic mass is 16.5. The van der Waals surface area contributed by atoms with Crippen molar-refractivity contribution in [1.29, 1.82) is 0 Å². The quantitative estimate of drug-likeness (QED) is 0.355. The number of benzene rings is 1. The van der Waals surface area contributed by atoms with Gasteiger partial charge in [-0.3, -0.25) is 5.21 Å². The number of hydrogen-bond donors (Lipinski definition) is 3. The molecule has 0 radical (unpaired) electrons. The van der Waals surface area contributed by atoms with Crippen LogP contribution in [-0.4, -0.2) is 23.1 Å². The minimum atomic E-state index is -0.770. The molecule has 0 saturated carbocycles. The maximum atomic E-state index is 10.9. The highest BCUT2D eigenvalue weighted by molar-refractivity contribution is 5.89. The number of anilines is 1. The maximum absolute atomic E-state index is 10.9. The Labute approximate surface area is 75.2 Å². The molecule has 1 aromatic carbocycles. The number of carbonyl (C=O) groups excluding carboxylic acids is 1. The van der Waals surface area contributed by atoms with Crippen LogP contribution < -0.4 is 10.4 Å². The normalized spacial score (nSPS) is 9.38. The molecule has 0 atom stereocenters. The van der Waals surface area contributed by atoms with Crippen molar-refractivity contribution in [3.8, 4) is 0 Å². The molecule has 5 nitrogen and oxygen atoms in total. The van der Waals surface area contributed by atoms with Crippen molar-refractivity contribution in [2.45, 2.75) is 0 Å². The average Bonchev–Trinajstić information content (AvgIpc) is 2.18. The number of hydroxylamine groups is 1. The predicted octanol–water partition coefficient (Wildman–Crippen LogP) is 0.542. The van der Waals surface area contributed by atoms with Gasteiger partial charge in [0.25, 0.3) is 0 Å². The van der Waals surface area contributed by atoms with E-state index in [9.17, 15) is 10.0 Å². The van der Waals surface area contributed by atoms with Crippen LogP contribution in [0.15, 0.2) is 30.3 Å². The monoisotopic (exact) mass is 182 g/mol. The maximum Gasteiger partial charge on any atom is 0.347 e. The van der Waals surface area contributed by atoms with Gasteiger partial charge in [0.05, 0.1) is 5.69 Å². The summed E-state index contributed by atoms with van der Waals surface area (Å²) in [7, 11) is 0. The molecule has 0 bridgehead atoms. The van der Waals surface area contributed by atoms with Gasteiger partial charge >= 0.3 is 6.03 Å². The van der Waals surface area contributed by atoms with E-state index in [4.69, 9.17) is 5.11 Å². The Balaban J connectivity index is 2.68. The predicted molar refractivity (Wildman–Crippen MR) is 46.3 cm³/mol. The largest absolute Gasteiger partial charge is 0.376 e. The molecule has 0 aliphatic rings. The third-order valence-electron chi connectivity index (χ3n) is 1.42. The fourth-order valence-corrected chi connectivity index (χ4v) is 0.829. The summed E-state index contributed by atoms with van der Waals surface area (Å²) in [6.45, 7) is -0.511. The van der Waals surface area contributed by atoms with Crippen LogP contribution in [0.3, 0.4) is 0 Å². The van der Waals surface area contributed by atoms with Crippen molar-refractivity contribution in [2.24, 2.45) is 0 Å². The molecule has 0 saturated heterocycles. The zero-order chi connectivity index (χ0) is 9.68. The fourth-order valence-electron chi connectivity index (χ4n) is 0.829. The van der Waals surface area contributed by atoms with Gasteiger partial charge in [0.1, 0.15) is 6.73 Å². The van der Waals surface area contributed by atoms with Gasteiger partial charge in [-0.2, -0.15) is 5.06 Å². The Morgan fingerprint density at radius 1 is 1.38 bits per heavy atom. The van der Waals surface area contributed by atoms with Gasteiger partial charge in [-0.1, -0.05) is 18.2 Å². The highest BCUT2D eigenvalue weighted by Gasteiger charge is 2.10. The molecule has 0 heterocycles. The molecule has 2 amide bonds. The standard InChI is InChI=1S/C8H10N2O3/c11-6-9-8(12)10(13)7-4-2-1-3-5-7/h1-5,11,13H,6H2,(H,9,12). The van der Waals surface area contributed by atoms with Crippen LogP contribution in [-0.2, 0) is 0 Å². The van der Waals surface area contributed by atoms with E-state index in [2.05, 4.69) is 0 Å². The Bertz CT molecular complexity index is 276. The number of para-hydroxylation sites is 1. The molecule has 3 N–H and O–H groups in total. The van der Waals surface area contributed by atoms with Crippen LogP contribution in [0.5, 0.6) is 0 Å². The van der Waals surface area contributed by atoms with Gasteiger partial charge in [0, 0.05) is 0 Å². The van der Waals surface area contributed by atoms with Crippen LogP contribution in [0.2, 0.25) is 0 Å². The van der Waals surface area contributed by atoms with Crippen molar-refractivity contribution >= 4 is 11.7 Å². The Hall–Kier alpha value is -1.59. The first kappa shape index (κ1) is 9.50. The van der Waals surface area contributed by atoms with Gasteiger partial charge in [-0.15, -0.1) is 0 Å². The molecular formula is C8H10N2O3. The molecule has 70 valence electrons. The first-order valence-corrected chi connectivity index (χ1v) is 3.68. The molecule has 0 spiro atoms. The number of rotatable bonds is 2. The lowest BCUT2D eigenvalue weighted by Crippen LogP contribution is -2.38. The first-order valence-electron chi connectivity index (χ1n) is 3.68. The summed E-state index contributed by atoms with van der Waals surface area (Å²) in [5, 5.41) is 20.1. The average molecular weight is 182 g/mol. The van der Waals surface area contributed by atoms with Gasteiger partial charge in [0.2, 0.25) is 0 Å². The summed E-state index contributed by atoms with van der Waals surface area (Å²) in [4.78, 5) is 10.9. The number of aliphatic hydroxyl groups excluding tert-OH is 1. The number of amides is 2. The van der Waals surface area contributed by atoms with E-state index < -0.39 is 12.8 Å². The van der Waals surface area contributed by atoms with Gasteiger partial charge in [-0.25, -0.2) is 4.79 Å². The lowest BCUT2D eigenvalue weighted by Gasteiger charge is -2.14. The number of hydrogen-bond acceptors (Lipinski definition) is 3. The third-order valence-corrected chi connectivity index (χ3v) is 1.42. The van der Waals surface area contributed by atoms with Crippen molar-refractivity contribution in [1.82, 2.24) is 5.32 Å². The molecule has 0 fully saturated rings. The summed E-state index contributed by atoms with van der Waals surface area (Å²) in [6.07, 6.45) is 0. The van der Waals surface area contributed by atoms with Crippen molar-refractivity contribution in [3.05, 3.63) is 30.3 Å². The topological polar surface area (TPSA) is 72.8 Å². The molecule has 1 aromatic rings. The molecule has 1 rings (SSSR count). The van der Waals surface area contributed by atoms with E-state index >= 15 is 0 Å². The summed E-state index contributed by atoms with van der Waals surface area (Å²) < 4.78 is 0. The molecule has 0 aliphatic heterocycles. The molecular weight excluding hydrogens is 172 g/mol. The lowest BCUT2D eigenvalue weighted by atomic mass is 10.3. The van der Waals surface area contributed by atoms with E-state index in [0.29, 0.717) is 10.8 Å². The summed E-state index contributed by atoms with van der Waals surface area (Å²) in [6, 6.07) is 7.50. The van der Waals surface area contributed by atoms with Crippen LogP contribution >= 0.6 is 0 Å². The number of nitrogens with zero attached hydrogens (tertiary/aromatic N) is 1. The second kappa shape index (κ2) is 4.44. The Morgan fingerprint density at radius 3 is 2.54 bits per heavy atom. The number of carbonyl (C=O) groups is 1. The van der Waals surface area contributed by atoms with Crippen LogP contribution in [0.1, 0.15) is 0 Å². The van der Waals surface area contributed by atoms with Crippen LogP contribution in [0.25, 0.3) is 0 Å². The smallest absolute Gasteiger partial charge is 0.347 e. The molecule has 13 heavy (non-hydrogen) atoms. The SMILES string of the molecule is O=C(NCO)N(O)c1ccccc1. The van der Waals surface area contributed by atoms with E-state index in [-0.39, 0.29) is 0 Å². The van der Waals surface area contributed by atoms with Crippen molar-refractivity contribution < 1.29 is 15.1 Å². The van der Waals surface area contributed by atoms with E-state index in [1.54, 1.807) is 30.3 Å². The van der Waals surface area contributed by atoms with E-state index in [0.717, 1.165) is 0 Å². The van der Waals surface area contributed by atoms with Crippen LogP contribution in [0.4, 0.5) is 10.5 Å². The van der Waals surface area contributed by atoms with Crippen LogP contribution in [0, 0.1) is 0 Å². The van der Waals surface area contributed by atoms with Crippen molar-refractivity contribution in [3.63, 3.8) is 0 Å². The minimum Gasteiger partial charge on any atom is -0.376 e.